The fraction of sp³-hybridized carbons (Fsp3) is 0.190. The molecule has 0 atom stereocenters. The summed E-state index contributed by atoms with van der Waals surface area (Å²) < 4.78 is 11.2. The van der Waals surface area contributed by atoms with Crippen LogP contribution in [0.5, 0.6) is 11.5 Å². The Morgan fingerprint density at radius 1 is 1.11 bits per heavy atom. The van der Waals surface area contributed by atoms with Crippen molar-refractivity contribution in [1.82, 2.24) is 5.32 Å². The van der Waals surface area contributed by atoms with Crippen molar-refractivity contribution in [3.05, 3.63) is 64.6 Å². The van der Waals surface area contributed by atoms with Gasteiger partial charge in [-0.3, -0.25) is 9.59 Å². The van der Waals surface area contributed by atoms with Crippen molar-refractivity contribution in [2.75, 3.05) is 13.2 Å². The molecule has 2 aromatic rings. The summed E-state index contributed by atoms with van der Waals surface area (Å²) in [6.07, 6.45) is 1.72. The number of amidine groups is 1. The highest BCUT2D eigenvalue weighted by Gasteiger charge is 2.25. The molecule has 1 saturated heterocycles. The number of nitrogens with one attached hydrogen (secondary N) is 1. The second-order valence-electron chi connectivity index (χ2n) is 5.72. The molecule has 0 bridgehead atoms. The zero-order chi connectivity index (χ0) is 19.9. The molecule has 144 valence electrons. The quantitative estimate of drug-likeness (QED) is 0.750. The Hall–Kier alpha value is -3.06. The van der Waals surface area contributed by atoms with E-state index in [4.69, 9.17) is 9.47 Å². The molecule has 0 spiro atoms. The van der Waals surface area contributed by atoms with Crippen LogP contribution in [0.3, 0.4) is 0 Å². The van der Waals surface area contributed by atoms with Crippen LogP contribution in [0.2, 0.25) is 0 Å². The van der Waals surface area contributed by atoms with Gasteiger partial charge in [-0.15, -0.1) is 0 Å². The van der Waals surface area contributed by atoms with Gasteiger partial charge >= 0.3 is 0 Å². The summed E-state index contributed by atoms with van der Waals surface area (Å²) >= 11 is 1.12. The Balaban J connectivity index is 1.82. The van der Waals surface area contributed by atoms with Gasteiger partial charge < -0.3 is 14.8 Å². The van der Waals surface area contributed by atoms with Crippen LogP contribution >= 0.6 is 11.8 Å². The number of amides is 2. The summed E-state index contributed by atoms with van der Waals surface area (Å²) in [5.74, 6) is 0.620. The van der Waals surface area contributed by atoms with Gasteiger partial charge in [0, 0.05) is 17.2 Å². The van der Waals surface area contributed by atoms with E-state index in [-0.39, 0.29) is 11.1 Å². The van der Waals surface area contributed by atoms with Crippen molar-refractivity contribution in [3.63, 3.8) is 0 Å². The molecular formula is C21H20N2O4S. The normalized spacial score (nSPS) is 16.3. The fourth-order valence-corrected chi connectivity index (χ4v) is 3.34. The molecule has 1 aliphatic rings. The van der Waals surface area contributed by atoms with Crippen molar-refractivity contribution in [3.8, 4) is 11.5 Å². The second kappa shape index (κ2) is 9.23. The molecule has 0 saturated carbocycles. The van der Waals surface area contributed by atoms with Gasteiger partial charge in [0.1, 0.15) is 11.5 Å². The van der Waals surface area contributed by atoms with Crippen molar-refractivity contribution in [2.45, 2.75) is 13.8 Å². The Labute approximate surface area is 167 Å². The summed E-state index contributed by atoms with van der Waals surface area (Å²) in [4.78, 5) is 28.9. The number of rotatable bonds is 6. The van der Waals surface area contributed by atoms with Crippen molar-refractivity contribution in [2.24, 2.45) is 4.99 Å². The van der Waals surface area contributed by atoms with Gasteiger partial charge in [0.25, 0.3) is 11.8 Å². The number of hydrogen-bond donors (Lipinski definition) is 1. The highest BCUT2D eigenvalue weighted by molar-refractivity contribution is 8.18. The van der Waals surface area contributed by atoms with Gasteiger partial charge in [0.15, 0.2) is 5.17 Å². The number of carbonyl (C=O) groups excluding carboxylic acids is 2. The van der Waals surface area contributed by atoms with Gasteiger partial charge in [0.2, 0.25) is 0 Å². The van der Waals surface area contributed by atoms with Crippen LogP contribution in [0.1, 0.15) is 29.8 Å². The van der Waals surface area contributed by atoms with Crippen LogP contribution in [0.25, 0.3) is 6.08 Å². The lowest BCUT2D eigenvalue weighted by atomic mass is 10.1. The van der Waals surface area contributed by atoms with Crippen LogP contribution in [0.15, 0.2) is 58.4 Å². The molecule has 0 aliphatic carbocycles. The fourth-order valence-electron chi connectivity index (χ4n) is 2.53. The van der Waals surface area contributed by atoms with Crippen molar-refractivity contribution in [1.29, 1.82) is 0 Å². The lowest BCUT2D eigenvalue weighted by molar-refractivity contribution is -0.115. The Bertz CT molecular complexity index is 939. The van der Waals surface area contributed by atoms with E-state index in [1.54, 1.807) is 36.4 Å². The van der Waals surface area contributed by atoms with Gasteiger partial charge in [0.05, 0.1) is 18.1 Å². The lowest BCUT2D eigenvalue weighted by Crippen LogP contribution is -2.20. The molecule has 7 heteroatoms. The Morgan fingerprint density at radius 2 is 1.86 bits per heavy atom. The number of nitrogens with zero attached hydrogens (tertiary/aromatic N) is 1. The molecule has 1 heterocycles. The number of aliphatic imine (C=N–C) groups is 1. The third-order valence-corrected chi connectivity index (χ3v) is 4.67. The molecule has 0 unspecified atom stereocenters. The first-order valence-electron chi connectivity index (χ1n) is 8.89. The first-order valence-corrected chi connectivity index (χ1v) is 9.71. The van der Waals surface area contributed by atoms with Crippen LogP contribution in [-0.2, 0) is 4.79 Å². The number of hydrogen-bond acceptors (Lipinski definition) is 5. The minimum absolute atomic E-state index is 0.258. The predicted molar refractivity (Wildman–Crippen MR) is 111 cm³/mol. The second-order valence-corrected chi connectivity index (χ2v) is 6.75. The summed E-state index contributed by atoms with van der Waals surface area (Å²) in [7, 11) is 0. The van der Waals surface area contributed by atoms with Crippen molar-refractivity contribution >= 4 is 34.8 Å². The van der Waals surface area contributed by atoms with E-state index in [2.05, 4.69) is 10.3 Å². The Morgan fingerprint density at radius 3 is 2.57 bits per heavy atom. The molecule has 3 rings (SSSR count). The molecule has 1 aliphatic heterocycles. The monoisotopic (exact) mass is 396 g/mol. The molecule has 6 nitrogen and oxygen atoms in total. The first-order chi connectivity index (χ1) is 13.6. The molecule has 2 amide bonds. The van der Waals surface area contributed by atoms with Crippen LogP contribution < -0.4 is 14.8 Å². The molecular weight excluding hydrogens is 376 g/mol. The summed E-state index contributed by atoms with van der Waals surface area (Å²) in [6.45, 7) is 4.84. The third-order valence-electron chi connectivity index (χ3n) is 3.76. The zero-order valence-corrected chi connectivity index (χ0v) is 16.4. The maximum Gasteiger partial charge on any atom is 0.279 e. The minimum Gasteiger partial charge on any atom is -0.494 e. The average Bonchev–Trinajstić information content (AvgIpc) is 3.03. The van der Waals surface area contributed by atoms with E-state index in [0.717, 1.165) is 17.3 Å². The zero-order valence-electron chi connectivity index (χ0n) is 15.6. The van der Waals surface area contributed by atoms with Gasteiger partial charge in [-0.25, -0.2) is 0 Å². The van der Waals surface area contributed by atoms with Crippen LogP contribution in [-0.4, -0.2) is 30.2 Å². The van der Waals surface area contributed by atoms with E-state index in [0.29, 0.717) is 35.2 Å². The van der Waals surface area contributed by atoms with Gasteiger partial charge in [-0.2, -0.15) is 4.99 Å². The average molecular weight is 396 g/mol. The van der Waals surface area contributed by atoms with E-state index < -0.39 is 5.91 Å². The van der Waals surface area contributed by atoms with Crippen LogP contribution in [0.4, 0.5) is 0 Å². The summed E-state index contributed by atoms with van der Waals surface area (Å²) in [5, 5.41) is 2.89. The minimum atomic E-state index is -0.402. The molecule has 0 aromatic heterocycles. The SMILES string of the molecule is CCOc1ccc(/C=C2\SC(=NC(=O)c3ccccc3)NC2=O)c(OCC)c1. The third kappa shape index (κ3) is 4.80. The van der Waals surface area contributed by atoms with E-state index in [9.17, 15) is 9.59 Å². The van der Waals surface area contributed by atoms with E-state index in [1.165, 1.54) is 0 Å². The summed E-state index contributed by atoms with van der Waals surface area (Å²) in [6, 6.07) is 14.2. The highest BCUT2D eigenvalue weighted by atomic mass is 32.2. The smallest absolute Gasteiger partial charge is 0.279 e. The highest BCUT2D eigenvalue weighted by Crippen LogP contribution is 2.32. The first kappa shape index (κ1) is 19.7. The Kier molecular flexibility index (Phi) is 6.49. The topological polar surface area (TPSA) is 77.0 Å². The maximum atomic E-state index is 12.3. The number of thioether (sulfide) groups is 1. The number of ether oxygens (including phenoxy) is 2. The molecule has 0 radical (unpaired) electrons. The lowest BCUT2D eigenvalue weighted by Gasteiger charge is -2.10. The van der Waals surface area contributed by atoms with E-state index in [1.807, 2.05) is 32.0 Å². The van der Waals surface area contributed by atoms with Crippen molar-refractivity contribution < 1.29 is 19.1 Å². The standard InChI is InChI=1S/C21H20N2O4S/c1-3-26-16-11-10-15(17(13-16)27-4-2)12-18-20(25)23-21(28-18)22-19(24)14-8-6-5-7-9-14/h5-13H,3-4H2,1-2H3,(H,22,23,24,25)/b18-12-. The summed E-state index contributed by atoms with van der Waals surface area (Å²) in [5.41, 5.74) is 1.21. The van der Waals surface area contributed by atoms with Crippen LogP contribution in [0, 0.1) is 0 Å². The molecule has 28 heavy (non-hydrogen) atoms. The van der Waals surface area contributed by atoms with Gasteiger partial charge in [-0.05, 0) is 56.0 Å². The number of carbonyl (C=O) groups is 2. The van der Waals surface area contributed by atoms with Gasteiger partial charge in [-0.1, -0.05) is 18.2 Å². The molecule has 1 fully saturated rings. The number of benzene rings is 2. The molecule has 2 aromatic carbocycles. The predicted octanol–water partition coefficient (Wildman–Crippen LogP) is 3.88. The maximum absolute atomic E-state index is 12.3. The molecule has 1 N–H and O–H groups in total. The largest absolute Gasteiger partial charge is 0.494 e. The van der Waals surface area contributed by atoms with E-state index >= 15 is 0 Å².